The maximum atomic E-state index is 10.8. The molecule has 6 N–H and O–H groups in total. The second-order valence-corrected chi connectivity index (χ2v) is 5.08. The minimum atomic E-state index is -3.48. The van der Waals surface area contributed by atoms with Gasteiger partial charge < -0.3 is 10.7 Å². The Labute approximate surface area is 99.8 Å². The van der Waals surface area contributed by atoms with E-state index >= 15 is 0 Å². The Morgan fingerprint density at radius 3 is 2.53 bits per heavy atom. The molecule has 0 saturated carbocycles. The Morgan fingerprint density at radius 2 is 2.00 bits per heavy atom. The number of hydrogen-bond donors (Lipinski definition) is 4. The second-order valence-electron chi connectivity index (χ2n) is 3.34. The maximum absolute atomic E-state index is 10.8. The largest absolute Gasteiger partial charge is 0.369 e. The summed E-state index contributed by atoms with van der Waals surface area (Å²) in [5.74, 6) is 6.22. The van der Waals surface area contributed by atoms with Crippen LogP contribution in [0.5, 0.6) is 0 Å². The lowest BCUT2D eigenvalue weighted by atomic mass is 10.2. The molecule has 0 unspecified atom stereocenters. The van der Waals surface area contributed by atoms with Gasteiger partial charge in [-0.15, -0.1) is 0 Å². The lowest BCUT2D eigenvalue weighted by Crippen LogP contribution is -2.23. The van der Waals surface area contributed by atoms with Gasteiger partial charge in [0.2, 0.25) is 10.0 Å². The standard InChI is InChI=1S/C8H16N6O2S/c1-2-6-7(11-3-4-17(10,15)16)12-5-13-8(6)14-9/h5H,2-4,9H2,1H3,(H2,10,15,16)(H2,11,12,13,14). The van der Waals surface area contributed by atoms with Crippen LogP contribution in [-0.4, -0.2) is 30.7 Å². The first-order valence-electron chi connectivity index (χ1n) is 5.02. The number of aromatic nitrogens is 2. The summed E-state index contributed by atoms with van der Waals surface area (Å²) in [6.07, 6.45) is 2.01. The summed E-state index contributed by atoms with van der Waals surface area (Å²) in [7, 11) is -3.48. The second kappa shape index (κ2) is 5.75. The number of nitrogens with zero attached hydrogens (tertiary/aromatic N) is 2. The third-order valence-electron chi connectivity index (χ3n) is 2.11. The molecule has 0 saturated heterocycles. The van der Waals surface area contributed by atoms with Crippen molar-refractivity contribution in [1.82, 2.24) is 9.97 Å². The molecule has 0 amide bonds. The van der Waals surface area contributed by atoms with Gasteiger partial charge in [-0.3, -0.25) is 0 Å². The summed E-state index contributed by atoms with van der Waals surface area (Å²) in [6, 6.07) is 0. The van der Waals surface area contributed by atoms with Gasteiger partial charge in [-0.2, -0.15) is 0 Å². The van der Waals surface area contributed by atoms with Gasteiger partial charge >= 0.3 is 0 Å². The molecule has 0 fully saturated rings. The zero-order valence-corrected chi connectivity index (χ0v) is 10.3. The Kier molecular flexibility index (Phi) is 4.61. The van der Waals surface area contributed by atoms with E-state index in [2.05, 4.69) is 20.7 Å². The van der Waals surface area contributed by atoms with E-state index in [-0.39, 0.29) is 12.3 Å². The molecular formula is C8H16N6O2S. The molecule has 0 radical (unpaired) electrons. The van der Waals surface area contributed by atoms with Gasteiger partial charge in [-0.05, 0) is 6.42 Å². The third-order valence-corrected chi connectivity index (χ3v) is 2.89. The van der Waals surface area contributed by atoms with E-state index < -0.39 is 10.0 Å². The van der Waals surface area contributed by atoms with E-state index in [1.54, 1.807) is 0 Å². The van der Waals surface area contributed by atoms with Gasteiger partial charge in [-0.25, -0.2) is 29.4 Å². The molecule has 9 heteroatoms. The number of nitrogen functional groups attached to an aromatic ring is 1. The van der Waals surface area contributed by atoms with E-state index in [1.165, 1.54) is 6.33 Å². The lowest BCUT2D eigenvalue weighted by molar-refractivity contribution is 0.598. The average Bonchev–Trinajstić information content (AvgIpc) is 2.27. The average molecular weight is 260 g/mol. The molecule has 0 aliphatic rings. The van der Waals surface area contributed by atoms with Crippen molar-refractivity contribution in [3.8, 4) is 0 Å². The van der Waals surface area contributed by atoms with Gasteiger partial charge in [0.1, 0.15) is 18.0 Å². The van der Waals surface area contributed by atoms with Crippen molar-refractivity contribution < 1.29 is 8.42 Å². The van der Waals surface area contributed by atoms with Crippen LogP contribution in [0.1, 0.15) is 12.5 Å². The number of nitrogens with two attached hydrogens (primary N) is 2. The van der Waals surface area contributed by atoms with Crippen molar-refractivity contribution in [2.24, 2.45) is 11.0 Å². The zero-order valence-electron chi connectivity index (χ0n) is 9.47. The van der Waals surface area contributed by atoms with Crippen LogP contribution in [0, 0.1) is 0 Å². The van der Waals surface area contributed by atoms with Crippen LogP contribution in [0.15, 0.2) is 6.33 Å². The van der Waals surface area contributed by atoms with Crippen molar-refractivity contribution in [3.63, 3.8) is 0 Å². The molecule has 0 spiro atoms. The maximum Gasteiger partial charge on any atom is 0.210 e. The third kappa shape index (κ3) is 4.13. The number of primary sulfonamides is 1. The molecule has 1 aromatic heterocycles. The fourth-order valence-corrected chi connectivity index (χ4v) is 1.72. The summed E-state index contributed by atoms with van der Waals surface area (Å²) in [4.78, 5) is 7.98. The molecule has 1 rings (SSSR count). The van der Waals surface area contributed by atoms with E-state index in [1.807, 2.05) is 6.92 Å². The number of hydrogen-bond acceptors (Lipinski definition) is 7. The molecule has 1 aromatic rings. The minimum absolute atomic E-state index is 0.161. The van der Waals surface area contributed by atoms with Gasteiger partial charge in [0.05, 0.1) is 5.75 Å². The Morgan fingerprint density at radius 1 is 1.35 bits per heavy atom. The molecule has 1 heterocycles. The SMILES string of the molecule is CCc1c(NN)ncnc1NCCS(N)(=O)=O. The molecule has 0 bridgehead atoms. The number of sulfonamides is 1. The lowest BCUT2D eigenvalue weighted by Gasteiger charge is -2.12. The summed E-state index contributed by atoms with van der Waals surface area (Å²) >= 11 is 0. The molecule has 8 nitrogen and oxygen atoms in total. The van der Waals surface area contributed by atoms with Crippen molar-refractivity contribution >= 4 is 21.7 Å². The summed E-state index contributed by atoms with van der Waals surface area (Å²) in [5.41, 5.74) is 3.26. The van der Waals surface area contributed by atoms with Gasteiger partial charge in [0.25, 0.3) is 0 Å². The molecule has 0 aromatic carbocycles. The fraction of sp³-hybridized carbons (Fsp3) is 0.500. The number of hydrazine groups is 1. The fourth-order valence-electron chi connectivity index (χ4n) is 1.34. The highest BCUT2D eigenvalue weighted by Crippen LogP contribution is 2.18. The van der Waals surface area contributed by atoms with E-state index in [4.69, 9.17) is 11.0 Å². The predicted molar refractivity (Wildman–Crippen MR) is 65.7 cm³/mol. The molecule has 17 heavy (non-hydrogen) atoms. The first-order valence-corrected chi connectivity index (χ1v) is 6.74. The predicted octanol–water partition coefficient (Wildman–Crippen LogP) is -0.975. The quantitative estimate of drug-likeness (QED) is 0.381. The van der Waals surface area contributed by atoms with Crippen LogP contribution < -0.4 is 21.7 Å². The monoisotopic (exact) mass is 260 g/mol. The Balaban J connectivity index is 2.77. The van der Waals surface area contributed by atoms with Crippen LogP contribution >= 0.6 is 0 Å². The minimum Gasteiger partial charge on any atom is -0.369 e. The van der Waals surface area contributed by atoms with Crippen LogP contribution in [0.4, 0.5) is 11.6 Å². The summed E-state index contributed by atoms with van der Waals surface area (Å²) < 4.78 is 21.5. The Hall–Kier alpha value is -1.45. The van der Waals surface area contributed by atoms with Crippen molar-refractivity contribution in [2.75, 3.05) is 23.0 Å². The Bertz CT molecular complexity index is 475. The topological polar surface area (TPSA) is 136 Å². The highest BCUT2D eigenvalue weighted by Gasteiger charge is 2.09. The highest BCUT2D eigenvalue weighted by molar-refractivity contribution is 7.89. The molecule has 0 aliphatic carbocycles. The number of rotatable bonds is 6. The van der Waals surface area contributed by atoms with Gasteiger partial charge in [0, 0.05) is 12.1 Å². The van der Waals surface area contributed by atoms with Crippen LogP contribution in [-0.2, 0) is 16.4 Å². The number of anilines is 2. The van der Waals surface area contributed by atoms with Gasteiger partial charge in [-0.1, -0.05) is 6.92 Å². The van der Waals surface area contributed by atoms with Crippen LogP contribution in [0.2, 0.25) is 0 Å². The van der Waals surface area contributed by atoms with Crippen molar-refractivity contribution in [3.05, 3.63) is 11.9 Å². The smallest absolute Gasteiger partial charge is 0.210 e. The summed E-state index contributed by atoms with van der Waals surface area (Å²) in [5, 5.41) is 7.78. The van der Waals surface area contributed by atoms with E-state index in [0.29, 0.717) is 18.1 Å². The van der Waals surface area contributed by atoms with Crippen molar-refractivity contribution in [2.45, 2.75) is 13.3 Å². The van der Waals surface area contributed by atoms with Crippen LogP contribution in [0.25, 0.3) is 0 Å². The van der Waals surface area contributed by atoms with E-state index in [0.717, 1.165) is 5.56 Å². The molecular weight excluding hydrogens is 244 g/mol. The van der Waals surface area contributed by atoms with E-state index in [9.17, 15) is 8.42 Å². The van der Waals surface area contributed by atoms with Crippen LogP contribution in [0.3, 0.4) is 0 Å². The number of nitrogens with one attached hydrogen (secondary N) is 2. The normalized spacial score (nSPS) is 11.2. The van der Waals surface area contributed by atoms with Gasteiger partial charge in [0.15, 0.2) is 0 Å². The molecule has 0 aliphatic heterocycles. The highest BCUT2D eigenvalue weighted by atomic mass is 32.2. The molecule has 96 valence electrons. The first kappa shape index (κ1) is 13.6. The summed E-state index contributed by atoms with van der Waals surface area (Å²) in [6.45, 7) is 2.11. The first-order chi connectivity index (χ1) is 7.98. The molecule has 0 atom stereocenters. The van der Waals surface area contributed by atoms with Crippen molar-refractivity contribution in [1.29, 1.82) is 0 Å². The zero-order chi connectivity index (χ0) is 12.9.